The first-order valence-electron chi connectivity index (χ1n) is 21.9. The van der Waals surface area contributed by atoms with Crippen LogP contribution in [0, 0.1) is 0 Å². The highest BCUT2D eigenvalue weighted by molar-refractivity contribution is 6.09. The Morgan fingerprint density at radius 1 is 0.327 bits per heavy atom. The molecule has 2 aromatic heterocycles. The Hall–Kier alpha value is -7.43. The maximum Gasteiger partial charge on any atom is 0.164 e. The van der Waals surface area contributed by atoms with Crippen molar-refractivity contribution >= 4 is 21.8 Å². The molecule has 0 fully saturated rings. The fraction of sp³-hybridized carbons (Fsp3) is 0. The first-order valence-corrected chi connectivity index (χ1v) is 17.9. The van der Waals surface area contributed by atoms with E-state index in [1.165, 1.54) is 4.57 Å². The van der Waals surface area contributed by atoms with Gasteiger partial charge in [0.1, 0.15) is 0 Å². The third-order valence-electron chi connectivity index (χ3n) is 9.67. The summed E-state index contributed by atoms with van der Waals surface area (Å²) in [6.45, 7) is 0. The van der Waals surface area contributed by atoms with Gasteiger partial charge in [-0.3, -0.25) is 0 Å². The highest BCUT2D eigenvalue weighted by Gasteiger charge is 2.18. The van der Waals surface area contributed by atoms with Crippen LogP contribution in [0.3, 0.4) is 0 Å². The monoisotopic (exact) mass is 710 g/mol. The number of aromatic nitrogens is 4. The van der Waals surface area contributed by atoms with Gasteiger partial charge in [0.05, 0.1) is 22.0 Å². The number of hydrogen-bond acceptors (Lipinski definition) is 3. The highest BCUT2D eigenvalue weighted by Crippen LogP contribution is 2.37. The molecule has 0 N–H and O–H groups in total. The second kappa shape index (κ2) is 13.8. The van der Waals surface area contributed by atoms with Gasteiger partial charge in [-0.1, -0.05) is 164 Å². The molecule has 2 heterocycles. The fourth-order valence-electron chi connectivity index (χ4n) is 7.05. The molecule has 0 spiro atoms. The second-order valence-electron chi connectivity index (χ2n) is 13.1. The number of rotatable bonds is 7. The van der Waals surface area contributed by atoms with Crippen LogP contribution in [0.25, 0.3) is 95.0 Å². The molecule has 10 aromatic rings. The van der Waals surface area contributed by atoms with Gasteiger partial charge in [0.15, 0.2) is 17.5 Å². The minimum absolute atomic E-state index is 0.00371. The van der Waals surface area contributed by atoms with E-state index in [0.29, 0.717) is 34.3 Å². The van der Waals surface area contributed by atoms with Crippen LogP contribution in [0.4, 0.5) is 0 Å². The van der Waals surface area contributed by atoms with Crippen LogP contribution in [0.5, 0.6) is 0 Å². The van der Waals surface area contributed by atoms with E-state index < -0.39 is 36.3 Å². The molecule has 258 valence electrons. The molecular formula is C51H34N4. The SMILES string of the molecule is [2H]c1c([2H])c([2H])c2c(c1[2H])c1c([2H])c([2H])c([2H])c([2H])c1n2-c1cc(-c2ccccc2)cc(-c2nc(-c3cccc(-c4ccccc4)c3)nc(-c3cccc(-c4ccccc4)c3)n2)c1. The van der Waals surface area contributed by atoms with E-state index in [2.05, 4.69) is 0 Å². The zero-order valence-electron chi connectivity index (χ0n) is 37.3. The van der Waals surface area contributed by atoms with Gasteiger partial charge in [0.25, 0.3) is 0 Å². The first-order chi connectivity index (χ1) is 30.6. The van der Waals surface area contributed by atoms with E-state index in [-0.39, 0.29) is 33.9 Å². The maximum absolute atomic E-state index is 9.18. The van der Waals surface area contributed by atoms with E-state index in [1.54, 1.807) is 6.07 Å². The Morgan fingerprint density at radius 3 is 1.18 bits per heavy atom. The van der Waals surface area contributed by atoms with Gasteiger partial charge < -0.3 is 4.57 Å². The minimum atomic E-state index is -0.504. The van der Waals surface area contributed by atoms with Gasteiger partial charge in [0, 0.05) is 33.2 Å². The molecule has 0 aliphatic heterocycles. The van der Waals surface area contributed by atoms with E-state index in [1.807, 2.05) is 152 Å². The molecule has 0 saturated carbocycles. The van der Waals surface area contributed by atoms with Crippen molar-refractivity contribution < 1.29 is 11.0 Å². The lowest BCUT2D eigenvalue weighted by atomic mass is 10.0. The number of benzene rings is 8. The van der Waals surface area contributed by atoms with Crippen LogP contribution < -0.4 is 0 Å². The summed E-state index contributed by atoms with van der Waals surface area (Å²) in [4.78, 5) is 15.4. The van der Waals surface area contributed by atoms with Crippen LogP contribution in [0.15, 0.2) is 206 Å². The zero-order valence-corrected chi connectivity index (χ0v) is 29.3. The summed E-state index contributed by atoms with van der Waals surface area (Å²) in [5.41, 5.74) is 8.04. The van der Waals surface area contributed by atoms with Crippen LogP contribution in [0.1, 0.15) is 11.0 Å². The van der Waals surface area contributed by atoms with Crippen LogP contribution in [-0.4, -0.2) is 19.5 Å². The third-order valence-corrected chi connectivity index (χ3v) is 9.67. The molecule has 0 unspecified atom stereocenters. The number of fused-ring (bicyclic) bond motifs is 3. The molecule has 4 nitrogen and oxygen atoms in total. The average molecular weight is 711 g/mol. The number of para-hydroxylation sites is 2. The summed E-state index contributed by atoms with van der Waals surface area (Å²) in [6, 6.07) is 47.8. The fourth-order valence-corrected chi connectivity index (χ4v) is 7.05. The molecule has 0 amide bonds. The van der Waals surface area contributed by atoms with Crippen molar-refractivity contribution in [1.82, 2.24) is 19.5 Å². The van der Waals surface area contributed by atoms with Crippen LogP contribution >= 0.6 is 0 Å². The lowest BCUT2D eigenvalue weighted by molar-refractivity contribution is 1.07. The van der Waals surface area contributed by atoms with E-state index in [0.717, 1.165) is 38.9 Å². The Labute approximate surface area is 331 Å². The second-order valence-corrected chi connectivity index (χ2v) is 13.1. The lowest BCUT2D eigenvalue weighted by Gasteiger charge is -2.15. The molecule has 10 rings (SSSR count). The summed E-state index contributed by atoms with van der Waals surface area (Å²) < 4.78 is 72.4. The number of hydrogen-bond donors (Lipinski definition) is 0. The Balaban J connectivity index is 1.28. The molecule has 0 aliphatic rings. The first kappa shape index (κ1) is 24.7. The van der Waals surface area contributed by atoms with Crippen molar-refractivity contribution in [2.24, 2.45) is 0 Å². The molecule has 8 aromatic carbocycles. The Kier molecular flexibility index (Phi) is 6.23. The quantitative estimate of drug-likeness (QED) is 0.165. The van der Waals surface area contributed by atoms with Crippen LogP contribution in [-0.2, 0) is 0 Å². The van der Waals surface area contributed by atoms with Crippen molar-refractivity contribution in [3.05, 3.63) is 206 Å². The molecule has 0 atom stereocenters. The number of nitrogens with zero attached hydrogens (tertiary/aromatic N) is 4. The van der Waals surface area contributed by atoms with Crippen molar-refractivity contribution in [2.75, 3.05) is 0 Å². The largest absolute Gasteiger partial charge is 0.309 e. The van der Waals surface area contributed by atoms with E-state index in [9.17, 15) is 2.74 Å². The zero-order chi connectivity index (χ0) is 43.5. The Morgan fingerprint density at radius 2 is 0.691 bits per heavy atom. The van der Waals surface area contributed by atoms with Crippen molar-refractivity contribution in [1.29, 1.82) is 0 Å². The summed E-state index contributed by atoms with van der Waals surface area (Å²) in [5.74, 6) is 1.16. The normalized spacial score (nSPS) is 13.3. The van der Waals surface area contributed by atoms with Crippen molar-refractivity contribution in [3.63, 3.8) is 0 Å². The van der Waals surface area contributed by atoms with Crippen molar-refractivity contribution in [3.8, 4) is 73.2 Å². The van der Waals surface area contributed by atoms with Gasteiger partial charge in [-0.15, -0.1) is 0 Å². The molecular weight excluding hydrogens is 669 g/mol. The van der Waals surface area contributed by atoms with E-state index in [4.69, 9.17) is 23.2 Å². The summed E-state index contributed by atoms with van der Waals surface area (Å²) in [6.07, 6.45) is 0. The summed E-state index contributed by atoms with van der Waals surface area (Å²) in [7, 11) is 0. The Bertz CT molecular complexity index is 3250. The van der Waals surface area contributed by atoms with Gasteiger partial charge in [-0.25, -0.2) is 15.0 Å². The van der Waals surface area contributed by atoms with Gasteiger partial charge in [0.2, 0.25) is 0 Å². The van der Waals surface area contributed by atoms with Gasteiger partial charge >= 0.3 is 0 Å². The molecule has 0 radical (unpaired) electrons. The average Bonchev–Trinajstić information content (AvgIpc) is 3.71. The third kappa shape index (κ3) is 6.16. The topological polar surface area (TPSA) is 43.6 Å². The van der Waals surface area contributed by atoms with Gasteiger partial charge in [-0.2, -0.15) is 0 Å². The molecule has 55 heavy (non-hydrogen) atoms. The molecule has 0 bridgehead atoms. The minimum Gasteiger partial charge on any atom is -0.309 e. The molecule has 0 saturated heterocycles. The summed E-state index contributed by atoms with van der Waals surface area (Å²) >= 11 is 0. The lowest BCUT2D eigenvalue weighted by Crippen LogP contribution is -2.02. The van der Waals surface area contributed by atoms with Crippen molar-refractivity contribution in [2.45, 2.75) is 0 Å². The summed E-state index contributed by atoms with van der Waals surface area (Å²) in [5, 5.41) is -0.00742. The highest BCUT2D eigenvalue weighted by atomic mass is 15.0. The maximum atomic E-state index is 9.18. The van der Waals surface area contributed by atoms with Gasteiger partial charge in [-0.05, 0) is 75.8 Å². The standard InChI is InChI=1S/C51H34N4/c1-4-16-35(17-5-1)38-22-14-24-40(30-38)49-52-50(41-25-15-23-39(31-41)36-18-6-2-7-19-36)54-51(53-49)43-32-42(37-20-8-3-9-21-37)33-44(34-43)55-47-28-12-10-26-45(47)46-27-11-13-29-48(46)55/h1-34H/i10D,11D,12D,13D,26D,27D,28D,29D. The molecule has 0 aliphatic carbocycles. The van der Waals surface area contributed by atoms with E-state index >= 15 is 0 Å². The predicted molar refractivity (Wildman–Crippen MR) is 227 cm³/mol. The smallest absolute Gasteiger partial charge is 0.164 e. The predicted octanol–water partition coefficient (Wildman–Crippen LogP) is 13.0. The van der Waals surface area contributed by atoms with Crippen LogP contribution in [0.2, 0.25) is 0 Å². The molecule has 4 heteroatoms.